The van der Waals surface area contributed by atoms with Gasteiger partial charge in [0.05, 0.1) is 5.69 Å². The van der Waals surface area contributed by atoms with Gasteiger partial charge in [-0.1, -0.05) is 49.7 Å². The standard InChI is InChI=1S/C19H18ClN3O/c1-12(2)13-5-4-8-16(10-13)21-19(24)18-11-17(22-23-18)14-6-3-7-15(20)9-14/h3-12H,1-2H3,(H,21,24)(H,22,23). The lowest BCUT2D eigenvalue weighted by Crippen LogP contribution is -2.12. The van der Waals surface area contributed by atoms with Gasteiger partial charge in [-0.15, -0.1) is 0 Å². The molecule has 0 aliphatic rings. The van der Waals surface area contributed by atoms with Crippen LogP contribution in [0.25, 0.3) is 11.3 Å². The molecule has 0 saturated heterocycles. The number of halogens is 1. The molecule has 3 rings (SSSR count). The Morgan fingerprint density at radius 1 is 1.12 bits per heavy atom. The number of aromatic nitrogens is 2. The van der Waals surface area contributed by atoms with Crippen LogP contribution >= 0.6 is 11.6 Å². The van der Waals surface area contributed by atoms with E-state index < -0.39 is 0 Å². The van der Waals surface area contributed by atoms with Crippen LogP contribution in [0, 0.1) is 0 Å². The maximum absolute atomic E-state index is 12.4. The number of nitrogens with zero attached hydrogens (tertiary/aromatic N) is 1. The predicted molar refractivity (Wildman–Crippen MR) is 97.5 cm³/mol. The molecule has 0 fully saturated rings. The fourth-order valence-corrected chi connectivity index (χ4v) is 2.60. The third-order valence-corrected chi connectivity index (χ3v) is 3.99. The second kappa shape index (κ2) is 6.89. The van der Waals surface area contributed by atoms with Crippen molar-refractivity contribution in [2.45, 2.75) is 19.8 Å². The number of anilines is 1. The van der Waals surface area contributed by atoms with Gasteiger partial charge in [-0.25, -0.2) is 0 Å². The summed E-state index contributed by atoms with van der Waals surface area (Å²) in [5, 5.41) is 10.5. The number of H-pyrrole nitrogens is 1. The third-order valence-electron chi connectivity index (χ3n) is 3.75. The van der Waals surface area contributed by atoms with Crippen LogP contribution in [0.3, 0.4) is 0 Å². The van der Waals surface area contributed by atoms with Crippen LogP contribution in [-0.4, -0.2) is 16.1 Å². The molecular formula is C19H18ClN3O. The van der Waals surface area contributed by atoms with Crippen LogP contribution in [-0.2, 0) is 0 Å². The number of amides is 1. The van der Waals surface area contributed by atoms with Crippen molar-refractivity contribution < 1.29 is 4.79 Å². The zero-order valence-corrected chi connectivity index (χ0v) is 14.3. The van der Waals surface area contributed by atoms with Crippen LogP contribution in [0.5, 0.6) is 0 Å². The lowest BCUT2D eigenvalue weighted by Gasteiger charge is -2.08. The van der Waals surface area contributed by atoms with E-state index in [9.17, 15) is 4.79 Å². The first-order chi connectivity index (χ1) is 11.5. The number of rotatable bonds is 4. The molecular weight excluding hydrogens is 322 g/mol. The molecule has 122 valence electrons. The summed E-state index contributed by atoms with van der Waals surface area (Å²) in [5.41, 5.74) is 3.89. The molecule has 0 radical (unpaired) electrons. The minimum Gasteiger partial charge on any atom is -0.321 e. The Morgan fingerprint density at radius 2 is 1.92 bits per heavy atom. The molecule has 0 unspecified atom stereocenters. The van der Waals surface area contributed by atoms with E-state index in [0.717, 1.165) is 11.3 Å². The topological polar surface area (TPSA) is 57.8 Å². The van der Waals surface area contributed by atoms with Gasteiger partial charge >= 0.3 is 0 Å². The number of carbonyl (C=O) groups is 1. The molecule has 1 amide bonds. The fraction of sp³-hybridized carbons (Fsp3) is 0.158. The largest absolute Gasteiger partial charge is 0.321 e. The van der Waals surface area contributed by atoms with Gasteiger partial charge in [-0.2, -0.15) is 5.10 Å². The summed E-state index contributed by atoms with van der Waals surface area (Å²) in [6.07, 6.45) is 0. The Bertz CT molecular complexity index is 870. The summed E-state index contributed by atoms with van der Waals surface area (Å²) in [6, 6.07) is 16.9. The second-order valence-corrected chi connectivity index (χ2v) is 6.35. The number of nitrogens with one attached hydrogen (secondary N) is 2. The van der Waals surface area contributed by atoms with E-state index in [2.05, 4.69) is 29.4 Å². The van der Waals surface area contributed by atoms with E-state index in [4.69, 9.17) is 11.6 Å². The summed E-state index contributed by atoms with van der Waals surface area (Å²) in [5.74, 6) is 0.181. The summed E-state index contributed by atoms with van der Waals surface area (Å²) in [6.45, 7) is 4.24. The highest BCUT2D eigenvalue weighted by Crippen LogP contribution is 2.22. The summed E-state index contributed by atoms with van der Waals surface area (Å²) >= 11 is 5.99. The maximum Gasteiger partial charge on any atom is 0.273 e. The van der Waals surface area contributed by atoms with Crippen molar-refractivity contribution >= 4 is 23.2 Å². The van der Waals surface area contributed by atoms with Crippen molar-refractivity contribution in [1.82, 2.24) is 10.2 Å². The fourth-order valence-electron chi connectivity index (χ4n) is 2.41. The van der Waals surface area contributed by atoms with E-state index in [-0.39, 0.29) is 5.91 Å². The first-order valence-electron chi connectivity index (χ1n) is 7.75. The van der Waals surface area contributed by atoms with E-state index in [1.807, 2.05) is 42.5 Å². The normalized spacial score (nSPS) is 10.8. The zero-order chi connectivity index (χ0) is 17.1. The molecule has 1 aromatic heterocycles. The van der Waals surface area contributed by atoms with Gasteiger partial charge in [0.2, 0.25) is 0 Å². The lowest BCUT2D eigenvalue weighted by molar-refractivity contribution is 0.102. The highest BCUT2D eigenvalue weighted by atomic mass is 35.5. The van der Waals surface area contributed by atoms with Gasteiger partial charge in [-0.05, 0) is 41.8 Å². The molecule has 0 bridgehead atoms. The van der Waals surface area contributed by atoms with Crippen molar-refractivity contribution in [2.75, 3.05) is 5.32 Å². The molecule has 0 atom stereocenters. The third kappa shape index (κ3) is 3.66. The Morgan fingerprint density at radius 3 is 2.67 bits per heavy atom. The first kappa shape index (κ1) is 16.3. The molecule has 1 heterocycles. The average Bonchev–Trinajstić information content (AvgIpc) is 3.05. The molecule has 0 aliphatic heterocycles. The molecule has 0 saturated carbocycles. The zero-order valence-electron chi connectivity index (χ0n) is 13.5. The lowest BCUT2D eigenvalue weighted by atomic mass is 10.0. The van der Waals surface area contributed by atoms with Gasteiger partial charge in [0, 0.05) is 16.3 Å². The molecule has 5 heteroatoms. The van der Waals surface area contributed by atoms with Crippen molar-refractivity contribution in [2.24, 2.45) is 0 Å². The van der Waals surface area contributed by atoms with Crippen molar-refractivity contribution in [1.29, 1.82) is 0 Å². The van der Waals surface area contributed by atoms with Gasteiger partial charge in [-0.3, -0.25) is 9.89 Å². The van der Waals surface area contributed by atoms with E-state index in [1.54, 1.807) is 12.1 Å². The Kier molecular flexibility index (Phi) is 4.67. The average molecular weight is 340 g/mol. The molecule has 0 aliphatic carbocycles. The molecule has 2 aromatic carbocycles. The Hall–Kier alpha value is -2.59. The molecule has 0 spiro atoms. The molecule has 3 aromatic rings. The van der Waals surface area contributed by atoms with Crippen LogP contribution in [0.2, 0.25) is 5.02 Å². The monoisotopic (exact) mass is 339 g/mol. The number of hydrogen-bond donors (Lipinski definition) is 2. The van der Waals surface area contributed by atoms with Crippen LogP contribution in [0.1, 0.15) is 35.8 Å². The van der Waals surface area contributed by atoms with Crippen LogP contribution in [0.4, 0.5) is 5.69 Å². The van der Waals surface area contributed by atoms with E-state index >= 15 is 0 Å². The Labute approximate surface area is 145 Å². The maximum atomic E-state index is 12.4. The minimum absolute atomic E-state index is 0.225. The minimum atomic E-state index is -0.225. The molecule has 2 N–H and O–H groups in total. The quantitative estimate of drug-likeness (QED) is 0.694. The summed E-state index contributed by atoms with van der Waals surface area (Å²) in [7, 11) is 0. The number of carbonyl (C=O) groups excluding carboxylic acids is 1. The first-order valence-corrected chi connectivity index (χ1v) is 8.13. The highest BCUT2D eigenvalue weighted by Gasteiger charge is 2.12. The molecule has 24 heavy (non-hydrogen) atoms. The highest BCUT2D eigenvalue weighted by molar-refractivity contribution is 6.30. The van der Waals surface area contributed by atoms with Gasteiger partial charge in [0.15, 0.2) is 0 Å². The second-order valence-electron chi connectivity index (χ2n) is 5.91. The van der Waals surface area contributed by atoms with E-state index in [0.29, 0.717) is 22.3 Å². The van der Waals surface area contributed by atoms with Crippen molar-refractivity contribution in [3.8, 4) is 11.3 Å². The SMILES string of the molecule is CC(C)c1cccc(NC(=O)c2cc(-c3cccc(Cl)c3)n[nH]2)c1. The number of benzene rings is 2. The summed E-state index contributed by atoms with van der Waals surface area (Å²) in [4.78, 5) is 12.4. The van der Waals surface area contributed by atoms with E-state index in [1.165, 1.54) is 5.56 Å². The molecule has 4 nitrogen and oxygen atoms in total. The van der Waals surface area contributed by atoms with Gasteiger partial charge in [0.1, 0.15) is 5.69 Å². The van der Waals surface area contributed by atoms with Crippen LogP contribution < -0.4 is 5.32 Å². The number of aromatic amines is 1. The summed E-state index contributed by atoms with van der Waals surface area (Å²) < 4.78 is 0. The predicted octanol–water partition coefficient (Wildman–Crippen LogP) is 5.11. The van der Waals surface area contributed by atoms with Crippen LogP contribution in [0.15, 0.2) is 54.6 Å². The number of hydrogen-bond acceptors (Lipinski definition) is 2. The van der Waals surface area contributed by atoms with Crippen molar-refractivity contribution in [3.05, 3.63) is 70.9 Å². The van der Waals surface area contributed by atoms with Gasteiger partial charge < -0.3 is 5.32 Å². The van der Waals surface area contributed by atoms with Crippen molar-refractivity contribution in [3.63, 3.8) is 0 Å². The smallest absolute Gasteiger partial charge is 0.273 e. The van der Waals surface area contributed by atoms with Gasteiger partial charge in [0.25, 0.3) is 5.91 Å². The Balaban J connectivity index is 1.78.